The number of nitrogens with one attached hydrogen (secondary N) is 1. The number of halogens is 1. The number of rotatable bonds is 6. The zero-order valence-corrected chi connectivity index (χ0v) is 16.2. The van der Waals surface area contributed by atoms with E-state index in [1.54, 1.807) is 53.3 Å². The van der Waals surface area contributed by atoms with Gasteiger partial charge in [-0.3, -0.25) is 4.79 Å². The summed E-state index contributed by atoms with van der Waals surface area (Å²) >= 11 is 0. The largest absolute Gasteiger partial charge is 0.492 e. The lowest BCUT2D eigenvalue weighted by Gasteiger charge is -2.12. The molecule has 1 N–H and O–H groups in total. The molecular weight excluding hydrogens is 383 g/mol. The van der Waals surface area contributed by atoms with Crippen LogP contribution in [0.4, 0.5) is 10.1 Å². The standard InChI is InChI=1S/C23H19FN4O2/c1-2-30-22-6-4-3-5-20(22)26-23(29)17-9-13-19(14-10-17)28-21(15-25-27-28)16-7-11-18(24)12-8-16/h3-15H,2H2,1H3,(H,26,29). The van der Waals surface area contributed by atoms with E-state index in [2.05, 4.69) is 15.6 Å². The number of ether oxygens (including phenoxy) is 1. The third-order valence-electron chi connectivity index (χ3n) is 4.50. The van der Waals surface area contributed by atoms with Crippen LogP contribution in [0.2, 0.25) is 0 Å². The molecule has 0 spiro atoms. The fourth-order valence-corrected chi connectivity index (χ4v) is 3.04. The first kappa shape index (κ1) is 19.3. The molecule has 0 radical (unpaired) electrons. The van der Waals surface area contributed by atoms with Crippen LogP contribution in [0.3, 0.4) is 0 Å². The molecule has 4 rings (SSSR count). The molecule has 0 unspecified atom stereocenters. The van der Waals surface area contributed by atoms with Gasteiger partial charge in [-0.15, -0.1) is 5.10 Å². The zero-order chi connectivity index (χ0) is 20.9. The maximum atomic E-state index is 13.2. The fraction of sp³-hybridized carbons (Fsp3) is 0.0870. The summed E-state index contributed by atoms with van der Waals surface area (Å²) in [6, 6.07) is 20.4. The predicted octanol–water partition coefficient (Wildman–Crippen LogP) is 4.72. The summed E-state index contributed by atoms with van der Waals surface area (Å²) in [5, 5.41) is 11.0. The third-order valence-corrected chi connectivity index (χ3v) is 4.50. The van der Waals surface area contributed by atoms with Gasteiger partial charge >= 0.3 is 0 Å². The minimum absolute atomic E-state index is 0.244. The number of para-hydroxylation sites is 2. The van der Waals surface area contributed by atoms with Crippen LogP contribution in [-0.4, -0.2) is 27.5 Å². The summed E-state index contributed by atoms with van der Waals surface area (Å²) in [6.45, 7) is 2.40. The highest BCUT2D eigenvalue weighted by Gasteiger charge is 2.12. The number of nitrogens with zero attached hydrogens (tertiary/aromatic N) is 3. The van der Waals surface area contributed by atoms with Crippen molar-refractivity contribution in [3.05, 3.63) is 90.4 Å². The number of amides is 1. The molecule has 4 aromatic rings. The van der Waals surface area contributed by atoms with Crippen LogP contribution in [0.1, 0.15) is 17.3 Å². The lowest BCUT2D eigenvalue weighted by Crippen LogP contribution is -2.13. The molecule has 0 aliphatic heterocycles. The van der Waals surface area contributed by atoms with E-state index < -0.39 is 0 Å². The van der Waals surface area contributed by atoms with Gasteiger partial charge in [-0.05, 0) is 67.6 Å². The average molecular weight is 402 g/mol. The summed E-state index contributed by atoms with van der Waals surface area (Å²) in [7, 11) is 0. The SMILES string of the molecule is CCOc1ccccc1NC(=O)c1ccc(-n2nncc2-c2ccc(F)cc2)cc1. The molecule has 1 heterocycles. The molecule has 0 atom stereocenters. The zero-order valence-electron chi connectivity index (χ0n) is 16.2. The molecule has 0 saturated heterocycles. The Morgan fingerprint density at radius 3 is 2.50 bits per heavy atom. The summed E-state index contributed by atoms with van der Waals surface area (Å²) in [6.07, 6.45) is 1.61. The molecule has 0 saturated carbocycles. The summed E-state index contributed by atoms with van der Waals surface area (Å²) in [4.78, 5) is 12.7. The first-order valence-corrected chi connectivity index (χ1v) is 9.46. The van der Waals surface area contributed by atoms with Gasteiger partial charge in [0.1, 0.15) is 11.6 Å². The van der Waals surface area contributed by atoms with E-state index in [4.69, 9.17) is 4.74 Å². The molecule has 150 valence electrons. The van der Waals surface area contributed by atoms with E-state index in [1.165, 1.54) is 12.1 Å². The van der Waals surface area contributed by atoms with Crippen LogP contribution in [0.5, 0.6) is 5.75 Å². The molecule has 0 bridgehead atoms. The van der Waals surface area contributed by atoms with Gasteiger partial charge < -0.3 is 10.1 Å². The van der Waals surface area contributed by atoms with Gasteiger partial charge in [-0.1, -0.05) is 17.3 Å². The first-order valence-electron chi connectivity index (χ1n) is 9.46. The van der Waals surface area contributed by atoms with E-state index in [0.717, 1.165) is 16.9 Å². The average Bonchev–Trinajstić information content (AvgIpc) is 3.26. The first-order chi connectivity index (χ1) is 14.7. The third kappa shape index (κ3) is 4.05. The molecule has 0 aliphatic rings. The number of carbonyl (C=O) groups excluding carboxylic acids is 1. The molecule has 0 fully saturated rings. The van der Waals surface area contributed by atoms with Crippen LogP contribution < -0.4 is 10.1 Å². The Morgan fingerprint density at radius 2 is 1.77 bits per heavy atom. The van der Waals surface area contributed by atoms with Crippen molar-refractivity contribution in [2.45, 2.75) is 6.92 Å². The van der Waals surface area contributed by atoms with Gasteiger partial charge in [-0.2, -0.15) is 0 Å². The number of carbonyl (C=O) groups is 1. The smallest absolute Gasteiger partial charge is 0.255 e. The van der Waals surface area contributed by atoms with Crippen molar-refractivity contribution in [2.75, 3.05) is 11.9 Å². The Balaban J connectivity index is 1.55. The molecule has 0 aliphatic carbocycles. The van der Waals surface area contributed by atoms with Gasteiger partial charge in [0.15, 0.2) is 0 Å². The number of hydrogen-bond donors (Lipinski definition) is 1. The van der Waals surface area contributed by atoms with Gasteiger partial charge in [0, 0.05) is 11.1 Å². The molecule has 3 aromatic carbocycles. The topological polar surface area (TPSA) is 69.0 Å². The Morgan fingerprint density at radius 1 is 1.03 bits per heavy atom. The highest BCUT2D eigenvalue weighted by molar-refractivity contribution is 6.05. The highest BCUT2D eigenvalue weighted by Crippen LogP contribution is 2.25. The second-order valence-electron chi connectivity index (χ2n) is 6.47. The van der Waals surface area contributed by atoms with Crippen LogP contribution in [0.15, 0.2) is 79.0 Å². The van der Waals surface area contributed by atoms with Gasteiger partial charge in [0.25, 0.3) is 5.91 Å². The van der Waals surface area contributed by atoms with Crippen molar-refractivity contribution in [3.63, 3.8) is 0 Å². The second-order valence-corrected chi connectivity index (χ2v) is 6.47. The summed E-state index contributed by atoms with van der Waals surface area (Å²) in [5.74, 6) is 0.0710. The number of aromatic nitrogens is 3. The minimum Gasteiger partial charge on any atom is -0.492 e. The van der Waals surface area contributed by atoms with E-state index in [-0.39, 0.29) is 11.7 Å². The van der Waals surface area contributed by atoms with Crippen LogP contribution in [-0.2, 0) is 0 Å². The molecule has 6 nitrogen and oxygen atoms in total. The van der Waals surface area contributed by atoms with Crippen molar-refractivity contribution in [1.82, 2.24) is 15.0 Å². The highest BCUT2D eigenvalue weighted by atomic mass is 19.1. The lowest BCUT2D eigenvalue weighted by molar-refractivity contribution is 0.102. The van der Waals surface area contributed by atoms with Gasteiger partial charge in [-0.25, -0.2) is 9.07 Å². The van der Waals surface area contributed by atoms with Crippen molar-refractivity contribution >= 4 is 11.6 Å². The maximum absolute atomic E-state index is 13.2. The second kappa shape index (κ2) is 8.57. The Hall–Kier alpha value is -4.00. The number of benzene rings is 3. The number of hydrogen-bond acceptors (Lipinski definition) is 4. The van der Waals surface area contributed by atoms with E-state index >= 15 is 0 Å². The van der Waals surface area contributed by atoms with Crippen molar-refractivity contribution < 1.29 is 13.9 Å². The summed E-state index contributed by atoms with van der Waals surface area (Å²) < 4.78 is 20.4. The Bertz CT molecular complexity index is 1150. The summed E-state index contributed by atoms with van der Waals surface area (Å²) in [5.41, 5.74) is 3.35. The molecule has 1 amide bonds. The monoisotopic (exact) mass is 402 g/mol. The Labute approximate surface area is 172 Å². The van der Waals surface area contributed by atoms with Crippen molar-refractivity contribution in [1.29, 1.82) is 0 Å². The van der Waals surface area contributed by atoms with Crippen LogP contribution >= 0.6 is 0 Å². The Kier molecular flexibility index (Phi) is 5.52. The van der Waals surface area contributed by atoms with Gasteiger partial charge in [0.05, 0.1) is 29.9 Å². The maximum Gasteiger partial charge on any atom is 0.255 e. The predicted molar refractivity (Wildman–Crippen MR) is 112 cm³/mol. The molecule has 1 aromatic heterocycles. The van der Waals surface area contributed by atoms with Crippen molar-refractivity contribution in [3.8, 4) is 22.7 Å². The van der Waals surface area contributed by atoms with E-state index in [9.17, 15) is 9.18 Å². The molecule has 30 heavy (non-hydrogen) atoms. The number of anilines is 1. The van der Waals surface area contributed by atoms with Crippen LogP contribution in [0, 0.1) is 5.82 Å². The molecule has 7 heteroatoms. The van der Waals surface area contributed by atoms with E-state index in [0.29, 0.717) is 23.6 Å². The lowest BCUT2D eigenvalue weighted by atomic mass is 10.1. The quantitative estimate of drug-likeness (QED) is 0.506. The van der Waals surface area contributed by atoms with Crippen LogP contribution in [0.25, 0.3) is 16.9 Å². The normalized spacial score (nSPS) is 10.6. The van der Waals surface area contributed by atoms with E-state index in [1.807, 2.05) is 25.1 Å². The van der Waals surface area contributed by atoms with Gasteiger partial charge in [0.2, 0.25) is 0 Å². The van der Waals surface area contributed by atoms with Crippen molar-refractivity contribution in [2.24, 2.45) is 0 Å². The fourth-order valence-electron chi connectivity index (χ4n) is 3.04. The molecular formula is C23H19FN4O2. The minimum atomic E-state index is -0.306.